The maximum absolute atomic E-state index is 12.6. The van der Waals surface area contributed by atoms with Crippen molar-refractivity contribution in [3.05, 3.63) is 46.5 Å². The number of hydrogen-bond donors (Lipinski definition) is 1. The van der Waals surface area contributed by atoms with E-state index < -0.39 is 6.04 Å². The lowest BCUT2D eigenvalue weighted by Crippen LogP contribution is -2.46. The van der Waals surface area contributed by atoms with E-state index in [1.165, 1.54) is 11.8 Å². The van der Waals surface area contributed by atoms with Gasteiger partial charge in [-0.3, -0.25) is 9.59 Å². The topological polar surface area (TPSA) is 62.6 Å². The lowest BCUT2D eigenvalue weighted by molar-refractivity contribution is -0.133. The van der Waals surface area contributed by atoms with Crippen molar-refractivity contribution in [2.75, 3.05) is 6.54 Å². The first kappa shape index (κ1) is 14.8. The molecule has 3 heterocycles. The fraction of sp³-hybridized carbons (Fsp3) is 0.375. The molecule has 22 heavy (non-hydrogen) atoms. The van der Waals surface area contributed by atoms with Gasteiger partial charge in [0.1, 0.15) is 6.04 Å². The molecule has 2 atom stereocenters. The minimum Gasteiger partial charge on any atom is -0.459 e. The van der Waals surface area contributed by atoms with Gasteiger partial charge >= 0.3 is 0 Å². The summed E-state index contributed by atoms with van der Waals surface area (Å²) in [5.74, 6) is -0.193. The molecule has 1 fully saturated rings. The van der Waals surface area contributed by atoms with Crippen LogP contribution in [0.25, 0.3) is 0 Å². The van der Waals surface area contributed by atoms with E-state index in [1.54, 1.807) is 30.4 Å². The van der Waals surface area contributed by atoms with Gasteiger partial charge in [0.25, 0.3) is 5.91 Å². The maximum atomic E-state index is 12.6. The number of carbonyl (C=O) groups is 2. The minimum atomic E-state index is -0.572. The van der Waals surface area contributed by atoms with E-state index in [0.29, 0.717) is 0 Å². The molecular formula is C16H18N2O3S. The number of carbonyl (C=O) groups excluding carboxylic acids is 2. The van der Waals surface area contributed by atoms with E-state index in [1.807, 2.05) is 10.3 Å². The molecule has 1 aliphatic heterocycles. The molecular weight excluding hydrogens is 300 g/mol. The number of nitrogens with one attached hydrogen (secondary N) is 1. The van der Waals surface area contributed by atoms with Crippen LogP contribution in [0.4, 0.5) is 0 Å². The van der Waals surface area contributed by atoms with Gasteiger partial charge in [-0.05, 0) is 54.3 Å². The SMILES string of the molecule is CC(NC(=O)c1ccco1)C(=O)N1CCCC1c1ccsc1. The Morgan fingerprint density at radius 1 is 1.45 bits per heavy atom. The lowest BCUT2D eigenvalue weighted by Gasteiger charge is -2.27. The molecule has 1 saturated heterocycles. The minimum absolute atomic E-state index is 0.0476. The van der Waals surface area contributed by atoms with E-state index in [0.717, 1.165) is 19.4 Å². The third-order valence-corrected chi connectivity index (χ3v) is 4.63. The zero-order valence-electron chi connectivity index (χ0n) is 12.3. The van der Waals surface area contributed by atoms with Gasteiger partial charge in [-0.1, -0.05) is 0 Å². The highest BCUT2D eigenvalue weighted by Crippen LogP contribution is 2.33. The monoisotopic (exact) mass is 318 g/mol. The van der Waals surface area contributed by atoms with Crippen LogP contribution >= 0.6 is 11.3 Å². The number of amides is 2. The van der Waals surface area contributed by atoms with Gasteiger partial charge < -0.3 is 14.6 Å². The second-order valence-corrected chi connectivity index (χ2v) is 6.20. The van der Waals surface area contributed by atoms with Crippen molar-refractivity contribution in [1.82, 2.24) is 10.2 Å². The van der Waals surface area contributed by atoms with Crippen molar-refractivity contribution in [2.24, 2.45) is 0 Å². The molecule has 2 unspecified atom stereocenters. The Labute approximate surface area is 132 Å². The summed E-state index contributed by atoms with van der Waals surface area (Å²) >= 11 is 1.64. The van der Waals surface area contributed by atoms with E-state index in [4.69, 9.17) is 4.42 Å². The van der Waals surface area contributed by atoms with E-state index in [9.17, 15) is 9.59 Å². The molecule has 3 rings (SSSR count). The Morgan fingerprint density at radius 3 is 3.00 bits per heavy atom. The number of thiophene rings is 1. The molecule has 1 N–H and O–H groups in total. The Kier molecular flexibility index (Phi) is 4.29. The number of furan rings is 1. The number of hydrogen-bond acceptors (Lipinski definition) is 4. The van der Waals surface area contributed by atoms with Gasteiger partial charge in [0.15, 0.2) is 5.76 Å². The molecule has 0 bridgehead atoms. The highest BCUT2D eigenvalue weighted by molar-refractivity contribution is 7.07. The summed E-state index contributed by atoms with van der Waals surface area (Å²) in [5, 5.41) is 6.82. The van der Waals surface area contributed by atoms with Gasteiger partial charge in [0.2, 0.25) is 5.91 Å². The van der Waals surface area contributed by atoms with E-state index in [2.05, 4.69) is 16.8 Å². The van der Waals surface area contributed by atoms with Crippen molar-refractivity contribution in [3.63, 3.8) is 0 Å². The molecule has 6 heteroatoms. The highest BCUT2D eigenvalue weighted by Gasteiger charge is 2.33. The smallest absolute Gasteiger partial charge is 0.287 e. The summed E-state index contributed by atoms with van der Waals surface area (Å²) in [5.41, 5.74) is 1.18. The van der Waals surface area contributed by atoms with Crippen LogP contribution in [0.5, 0.6) is 0 Å². The largest absolute Gasteiger partial charge is 0.459 e. The van der Waals surface area contributed by atoms with Crippen LogP contribution in [0.3, 0.4) is 0 Å². The average molecular weight is 318 g/mol. The zero-order valence-corrected chi connectivity index (χ0v) is 13.1. The molecule has 0 spiro atoms. The fourth-order valence-electron chi connectivity index (χ4n) is 2.83. The summed E-state index contributed by atoms with van der Waals surface area (Å²) in [7, 11) is 0. The van der Waals surface area contributed by atoms with Crippen LogP contribution < -0.4 is 5.32 Å². The molecule has 2 amide bonds. The van der Waals surface area contributed by atoms with Crippen molar-refractivity contribution in [1.29, 1.82) is 0 Å². The summed E-state index contributed by atoms with van der Waals surface area (Å²) < 4.78 is 5.05. The van der Waals surface area contributed by atoms with Crippen molar-refractivity contribution >= 4 is 23.2 Å². The van der Waals surface area contributed by atoms with Crippen molar-refractivity contribution < 1.29 is 14.0 Å². The van der Waals surface area contributed by atoms with Gasteiger partial charge in [-0.15, -0.1) is 0 Å². The van der Waals surface area contributed by atoms with E-state index in [-0.39, 0.29) is 23.6 Å². The average Bonchev–Trinajstić information content (AvgIpc) is 3.26. The molecule has 2 aromatic rings. The molecule has 0 saturated carbocycles. The first-order valence-corrected chi connectivity index (χ1v) is 8.28. The standard InChI is InChI=1S/C16H18N2O3S/c1-11(17-15(19)14-5-3-8-21-14)16(20)18-7-2-4-13(18)12-6-9-22-10-12/h3,5-6,8-11,13H,2,4,7H2,1H3,(H,17,19). The van der Waals surface area contributed by atoms with Crippen LogP contribution in [-0.2, 0) is 4.79 Å². The Balaban J connectivity index is 1.66. The predicted octanol–water partition coefficient (Wildman–Crippen LogP) is 2.82. The Bertz CT molecular complexity index is 636. The molecule has 0 aliphatic carbocycles. The molecule has 5 nitrogen and oxygen atoms in total. The van der Waals surface area contributed by atoms with Gasteiger partial charge in [0.05, 0.1) is 12.3 Å². The second-order valence-electron chi connectivity index (χ2n) is 5.42. The number of rotatable bonds is 4. The van der Waals surface area contributed by atoms with Crippen LogP contribution in [0.2, 0.25) is 0 Å². The normalized spacial score (nSPS) is 19.1. The van der Waals surface area contributed by atoms with Gasteiger partial charge in [-0.25, -0.2) is 0 Å². The summed E-state index contributed by atoms with van der Waals surface area (Å²) in [6.45, 7) is 2.45. The van der Waals surface area contributed by atoms with Crippen molar-refractivity contribution in [3.8, 4) is 0 Å². The number of nitrogens with zero attached hydrogens (tertiary/aromatic N) is 1. The third kappa shape index (κ3) is 2.92. The van der Waals surface area contributed by atoms with Crippen LogP contribution in [0.15, 0.2) is 39.6 Å². The summed E-state index contributed by atoms with van der Waals surface area (Å²) in [4.78, 5) is 26.5. The predicted molar refractivity (Wildman–Crippen MR) is 83.6 cm³/mol. The summed E-state index contributed by atoms with van der Waals surface area (Å²) in [6.07, 6.45) is 3.40. The van der Waals surface area contributed by atoms with Crippen LogP contribution in [0.1, 0.15) is 41.9 Å². The lowest BCUT2D eigenvalue weighted by atomic mass is 10.1. The maximum Gasteiger partial charge on any atom is 0.287 e. The zero-order chi connectivity index (χ0) is 15.5. The molecule has 116 valence electrons. The third-order valence-electron chi connectivity index (χ3n) is 3.93. The first-order valence-electron chi connectivity index (χ1n) is 7.34. The molecule has 0 aromatic carbocycles. The van der Waals surface area contributed by atoms with Gasteiger partial charge in [0, 0.05) is 6.54 Å². The second kappa shape index (κ2) is 6.36. The number of likely N-dealkylation sites (tertiary alicyclic amines) is 1. The Hall–Kier alpha value is -2.08. The fourth-order valence-corrected chi connectivity index (χ4v) is 3.53. The molecule has 1 aliphatic rings. The van der Waals surface area contributed by atoms with Crippen molar-refractivity contribution in [2.45, 2.75) is 31.8 Å². The highest BCUT2D eigenvalue weighted by atomic mass is 32.1. The quantitative estimate of drug-likeness (QED) is 0.943. The van der Waals surface area contributed by atoms with E-state index >= 15 is 0 Å². The van der Waals surface area contributed by atoms with Gasteiger partial charge in [-0.2, -0.15) is 11.3 Å². The van der Waals surface area contributed by atoms with Crippen LogP contribution in [0, 0.1) is 0 Å². The van der Waals surface area contributed by atoms with Crippen LogP contribution in [-0.4, -0.2) is 29.3 Å². The first-order chi connectivity index (χ1) is 10.7. The summed E-state index contributed by atoms with van der Waals surface area (Å²) in [6, 6.07) is 4.84. The molecule has 0 radical (unpaired) electrons. The molecule has 2 aromatic heterocycles. The Morgan fingerprint density at radius 2 is 2.32 bits per heavy atom.